The number of carbonyl (C=O) groups excluding carboxylic acids is 1. The van der Waals surface area contributed by atoms with Crippen LogP contribution in [0.3, 0.4) is 0 Å². The van der Waals surface area contributed by atoms with E-state index < -0.39 is 5.97 Å². The Morgan fingerprint density at radius 1 is 1.06 bits per heavy atom. The summed E-state index contributed by atoms with van der Waals surface area (Å²) in [6.45, 7) is 1.13. The zero-order valence-corrected chi connectivity index (χ0v) is 10.0. The highest BCUT2D eigenvalue weighted by molar-refractivity contribution is 5.75. The van der Waals surface area contributed by atoms with Gasteiger partial charge < -0.3 is 15.3 Å². The Bertz CT molecular complexity index is 292. The maximum Gasteiger partial charge on any atom is 0.317 e. The lowest BCUT2D eigenvalue weighted by molar-refractivity contribution is -0.143. The number of urea groups is 1. The van der Waals surface area contributed by atoms with Crippen molar-refractivity contribution in [3.05, 3.63) is 0 Å². The smallest absolute Gasteiger partial charge is 0.317 e. The molecule has 0 radical (unpaired) electrons. The van der Waals surface area contributed by atoms with E-state index in [-0.39, 0.29) is 11.9 Å². The van der Waals surface area contributed by atoms with Gasteiger partial charge >= 0.3 is 12.0 Å². The van der Waals surface area contributed by atoms with Gasteiger partial charge in [0.25, 0.3) is 0 Å². The minimum absolute atomic E-state index is 0.0132. The number of amides is 2. The van der Waals surface area contributed by atoms with E-state index in [1.807, 2.05) is 0 Å². The highest BCUT2D eigenvalue weighted by atomic mass is 16.4. The second-order valence-corrected chi connectivity index (χ2v) is 5.03. The fourth-order valence-corrected chi connectivity index (χ4v) is 2.67. The third-order valence-corrected chi connectivity index (χ3v) is 3.81. The Labute approximate surface area is 101 Å². The molecule has 0 atom stereocenters. The summed E-state index contributed by atoms with van der Waals surface area (Å²) < 4.78 is 0. The minimum atomic E-state index is -0.735. The van der Waals surface area contributed by atoms with Crippen molar-refractivity contribution in [2.75, 3.05) is 13.1 Å². The lowest BCUT2D eigenvalue weighted by Crippen LogP contribution is -2.48. The van der Waals surface area contributed by atoms with Crippen molar-refractivity contribution in [2.45, 2.75) is 44.6 Å². The average molecular weight is 240 g/mol. The van der Waals surface area contributed by atoms with Gasteiger partial charge in [0, 0.05) is 19.1 Å². The third kappa shape index (κ3) is 3.11. The standard InChI is InChI=1S/C12H20N2O3/c15-11(16)9-5-7-14(8-6-9)12(17)13-10-3-1-2-4-10/h9-10H,1-8H2,(H,13,17)(H,15,16). The van der Waals surface area contributed by atoms with Crippen LogP contribution >= 0.6 is 0 Å². The maximum absolute atomic E-state index is 11.9. The van der Waals surface area contributed by atoms with Gasteiger partial charge in [-0.05, 0) is 25.7 Å². The first-order valence-electron chi connectivity index (χ1n) is 6.45. The molecule has 1 heterocycles. The molecule has 1 saturated carbocycles. The number of carbonyl (C=O) groups is 2. The van der Waals surface area contributed by atoms with E-state index in [0.29, 0.717) is 32.0 Å². The Morgan fingerprint density at radius 2 is 1.65 bits per heavy atom. The Balaban J connectivity index is 1.75. The second kappa shape index (κ2) is 5.38. The summed E-state index contributed by atoms with van der Waals surface area (Å²) in [5, 5.41) is 11.9. The van der Waals surface area contributed by atoms with Gasteiger partial charge in [-0.3, -0.25) is 4.79 Å². The number of nitrogens with one attached hydrogen (secondary N) is 1. The van der Waals surface area contributed by atoms with Gasteiger partial charge in [-0.15, -0.1) is 0 Å². The van der Waals surface area contributed by atoms with Crippen molar-refractivity contribution in [1.82, 2.24) is 10.2 Å². The predicted octanol–water partition coefficient (Wildman–Crippen LogP) is 1.44. The lowest BCUT2D eigenvalue weighted by atomic mass is 9.97. The zero-order valence-electron chi connectivity index (χ0n) is 10.0. The fourth-order valence-electron chi connectivity index (χ4n) is 2.67. The first-order valence-corrected chi connectivity index (χ1v) is 6.45. The molecule has 5 heteroatoms. The normalized spacial score (nSPS) is 22.7. The second-order valence-electron chi connectivity index (χ2n) is 5.03. The molecule has 2 amide bonds. The van der Waals surface area contributed by atoms with Crippen molar-refractivity contribution in [3.8, 4) is 0 Å². The van der Waals surface area contributed by atoms with Crippen molar-refractivity contribution in [3.63, 3.8) is 0 Å². The van der Waals surface area contributed by atoms with Crippen LogP contribution in [0.2, 0.25) is 0 Å². The zero-order chi connectivity index (χ0) is 12.3. The quantitative estimate of drug-likeness (QED) is 0.767. The Kier molecular flexibility index (Phi) is 3.86. The topological polar surface area (TPSA) is 69.6 Å². The van der Waals surface area contributed by atoms with E-state index in [2.05, 4.69) is 5.32 Å². The molecule has 2 aliphatic rings. The molecule has 1 aliphatic heterocycles. The van der Waals surface area contributed by atoms with Gasteiger partial charge in [-0.2, -0.15) is 0 Å². The third-order valence-electron chi connectivity index (χ3n) is 3.81. The van der Waals surface area contributed by atoms with Crippen molar-refractivity contribution in [1.29, 1.82) is 0 Å². The summed E-state index contributed by atoms with van der Waals surface area (Å²) in [7, 11) is 0. The highest BCUT2D eigenvalue weighted by Gasteiger charge is 2.28. The number of hydrogen-bond donors (Lipinski definition) is 2. The number of nitrogens with zero attached hydrogens (tertiary/aromatic N) is 1. The largest absolute Gasteiger partial charge is 0.481 e. The van der Waals surface area contributed by atoms with Crippen molar-refractivity contribution in [2.24, 2.45) is 5.92 Å². The number of piperidine rings is 1. The molecule has 1 aliphatic carbocycles. The Morgan fingerprint density at radius 3 is 2.18 bits per heavy atom. The van der Waals surface area contributed by atoms with Crippen LogP contribution in [-0.4, -0.2) is 41.1 Å². The van der Waals surface area contributed by atoms with Gasteiger partial charge in [0.15, 0.2) is 0 Å². The molecule has 96 valence electrons. The number of carboxylic acid groups (broad SMARTS) is 1. The molecule has 17 heavy (non-hydrogen) atoms. The molecule has 2 fully saturated rings. The van der Waals surface area contributed by atoms with Crippen LogP contribution < -0.4 is 5.32 Å². The van der Waals surface area contributed by atoms with Crippen LogP contribution in [0.1, 0.15) is 38.5 Å². The maximum atomic E-state index is 11.9. The van der Waals surface area contributed by atoms with Gasteiger partial charge in [-0.1, -0.05) is 12.8 Å². The fraction of sp³-hybridized carbons (Fsp3) is 0.833. The van der Waals surface area contributed by atoms with Crippen LogP contribution in [0.15, 0.2) is 0 Å². The van der Waals surface area contributed by atoms with E-state index in [4.69, 9.17) is 5.11 Å². The number of hydrogen-bond acceptors (Lipinski definition) is 2. The molecule has 0 aromatic rings. The van der Waals surface area contributed by atoms with Crippen molar-refractivity contribution < 1.29 is 14.7 Å². The SMILES string of the molecule is O=C(O)C1CCN(C(=O)NC2CCCC2)CC1. The van der Waals surface area contributed by atoms with Gasteiger partial charge in [-0.25, -0.2) is 4.79 Å². The monoisotopic (exact) mass is 240 g/mol. The van der Waals surface area contributed by atoms with Crippen LogP contribution in [0.25, 0.3) is 0 Å². The molecule has 0 bridgehead atoms. The molecule has 0 unspecified atom stereocenters. The number of aliphatic carboxylic acids is 1. The van der Waals surface area contributed by atoms with Crippen LogP contribution in [0.4, 0.5) is 4.79 Å². The number of likely N-dealkylation sites (tertiary alicyclic amines) is 1. The average Bonchev–Trinajstić information content (AvgIpc) is 2.82. The summed E-state index contributed by atoms with van der Waals surface area (Å²) in [6.07, 6.45) is 5.72. The number of rotatable bonds is 2. The molecule has 5 nitrogen and oxygen atoms in total. The van der Waals surface area contributed by atoms with E-state index in [1.165, 1.54) is 12.8 Å². The van der Waals surface area contributed by atoms with Crippen molar-refractivity contribution >= 4 is 12.0 Å². The molecular weight excluding hydrogens is 220 g/mol. The Hall–Kier alpha value is -1.26. The van der Waals surface area contributed by atoms with E-state index in [1.54, 1.807) is 4.90 Å². The summed E-state index contributed by atoms with van der Waals surface area (Å²) in [5.74, 6) is -1.01. The van der Waals surface area contributed by atoms with E-state index in [0.717, 1.165) is 12.8 Å². The van der Waals surface area contributed by atoms with E-state index in [9.17, 15) is 9.59 Å². The van der Waals surface area contributed by atoms with Crippen LogP contribution in [-0.2, 0) is 4.79 Å². The summed E-state index contributed by atoms with van der Waals surface area (Å²) in [4.78, 5) is 24.4. The lowest BCUT2D eigenvalue weighted by Gasteiger charge is -2.31. The molecule has 2 rings (SSSR count). The molecule has 2 N–H and O–H groups in total. The molecule has 1 saturated heterocycles. The first-order chi connectivity index (χ1) is 8.16. The predicted molar refractivity (Wildman–Crippen MR) is 62.7 cm³/mol. The van der Waals surface area contributed by atoms with Gasteiger partial charge in [0.1, 0.15) is 0 Å². The van der Waals surface area contributed by atoms with Gasteiger partial charge in [0.05, 0.1) is 5.92 Å². The summed E-state index contributed by atoms with van der Waals surface area (Å²) >= 11 is 0. The first kappa shape index (κ1) is 12.2. The summed E-state index contributed by atoms with van der Waals surface area (Å²) in [5.41, 5.74) is 0. The summed E-state index contributed by atoms with van der Waals surface area (Å²) in [6, 6.07) is 0.320. The molecule has 0 aromatic carbocycles. The highest BCUT2D eigenvalue weighted by Crippen LogP contribution is 2.20. The van der Waals surface area contributed by atoms with Crippen LogP contribution in [0, 0.1) is 5.92 Å². The molecular formula is C12H20N2O3. The minimum Gasteiger partial charge on any atom is -0.481 e. The molecule has 0 spiro atoms. The molecule has 0 aromatic heterocycles. The van der Waals surface area contributed by atoms with Gasteiger partial charge in [0.2, 0.25) is 0 Å². The van der Waals surface area contributed by atoms with Crippen LogP contribution in [0.5, 0.6) is 0 Å². The van der Waals surface area contributed by atoms with E-state index >= 15 is 0 Å². The number of carboxylic acids is 1.